The first kappa shape index (κ1) is 12.8. The zero-order valence-corrected chi connectivity index (χ0v) is 9.47. The van der Waals surface area contributed by atoms with E-state index >= 15 is 0 Å². The molecule has 1 rings (SSSR count). The van der Waals surface area contributed by atoms with Crippen molar-refractivity contribution in [1.82, 2.24) is 4.98 Å². The van der Waals surface area contributed by atoms with E-state index in [0.29, 0.717) is 12.1 Å². The van der Waals surface area contributed by atoms with Gasteiger partial charge in [0, 0.05) is 12.6 Å². The third-order valence-electron chi connectivity index (χ3n) is 2.48. The molecule has 0 aromatic carbocycles. The fourth-order valence-electron chi connectivity index (χ4n) is 1.43. The molecule has 0 saturated carbocycles. The molecule has 0 radical (unpaired) electrons. The van der Waals surface area contributed by atoms with Crippen LogP contribution in [-0.2, 0) is 4.79 Å². The molecule has 4 heteroatoms. The third kappa shape index (κ3) is 3.40. The normalized spacial score (nSPS) is 14.4. The fourth-order valence-corrected chi connectivity index (χ4v) is 1.43. The van der Waals surface area contributed by atoms with Gasteiger partial charge in [0.1, 0.15) is 6.10 Å². The van der Waals surface area contributed by atoms with Gasteiger partial charge >= 0.3 is 0 Å². The Kier molecular flexibility index (Phi) is 5.08. The smallest absolute Gasteiger partial charge is 0.152 e. The number of ketones is 1. The number of carbonyl (C=O) groups excluding carboxylic acids is 1. The molecule has 0 aliphatic carbocycles. The molecular formula is C12H18N2O2. The number of hydrogen-bond acceptors (Lipinski definition) is 4. The van der Waals surface area contributed by atoms with Crippen LogP contribution < -0.4 is 5.73 Å². The second kappa shape index (κ2) is 6.35. The predicted octanol–water partition coefficient (Wildman–Crippen LogP) is 1.20. The fraction of sp³-hybridized carbons (Fsp3) is 0.500. The molecule has 1 aromatic heterocycles. The van der Waals surface area contributed by atoms with Gasteiger partial charge in [-0.15, -0.1) is 0 Å². The molecule has 88 valence electrons. The highest BCUT2D eigenvalue weighted by atomic mass is 16.3. The highest BCUT2D eigenvalue weighted by Crippen LogP contribution is 2.14. The van der Waals surface area contributed by atoms with Crippen LogP contribution in [0.1, 0.15) is 38.0 Å². The molecule has 0 aliphatic heterocycles. The van der Waals surface area contributed by atoms with E-state index in [4.69, 9.17) is 5.73 Å². The molecule has 0 spiro atoms. The minimum atomic E-state index is -1.01. The lowest BCUT2D eigenvalue weighted by Gasteiger charge is -2.16. The molecule has 0 saturated heterocycles. The number of Topliss-reactive ketones (excluding diaryl/α,β-unsaturated/α-hetero) is 1. The van der Waals surface area contributed by atoms with Gasteiger partial charge in [-0.2, -0.15) is 0 Å². The SMILES string of the molecule is CCCCC(=O)C(N)C(O)c1ccccn1. The molecule has 3 N–H and O–H groups in total. The van der Waals surface area contributed by atoms with Crippen molar-refractivity contribution in [2.24, 2.45) is 5.73 Å². The molecule has 4 nitrogen and oxygen atoms in total. The van der Waals surface area contributed by atoms with Gasteiger partial charge in [-0.05, 0) is 18.6 Å². The first-order valence-corrected chi connectivity index (χ1v) is 5.54. The van der Waals surface area contributed by atoms with E-state index < -0.39 is 12.1 Å². The third-order valence-corrected chi connectivity index (χ3v) is 2.48. The van der Waals surface area contributed by atoms with Crippen molar-refractivity contribution >= 4 is 5.78 Å². The number of nitrogens with two attached hydrogens (primary N) is 1. The van der Waals surface area contributed by atoms with Crippen LogP contribution in [-0.4, -0.2) is 21.9 Å². The molecule has 0 amide bonds. The molecule has 16 heavy (non-hydrogen) atoms. The second-order valence-electron chi connectivity index (χ2n) is 3.80. The van der Waals surface area contributed by atoms with Crippen molar-refractivity contribution < 1.29 is 9.90 Å². The Morgan fingerprint density at radius 1 is 1.56 bits per heavy atom. The Morgan fingerprint density at radius 3 is 2.88 bits per heavy atom. The van der Waals surface area contributed by atoms with E-state index in [2.05, 4.69) is 4.98 Å². The molecule has 0 bridgehead atoms. The van der Waals surface area contributed by atoms with Crippen molar-refractivity contribution in [2.75, 3.05) is 0 Å². The van der Waals surface area contributed by atoms with E-state index in [-0.39, 0.29) is 5.78 Å². The molecule has 0 fully saturated rings. The molecular weight excluding hydrogens is 204 g/mol. The lowest BCUT2D eigenvalue weighted by Crippen LogP contribution is -2.37. The van der Waals surface area contributed by atoms with E-state index in [0.717, 1.165) is 12.8 Å². The van der Waals surface area contributed by atoms with E-state index in [1.807, 2.05) is 6.92 Å². The van der Waals surface area contributed by atoms with Crippen molar-refractivity contribution in [3.05, 3.63) is 30.1 Å². The zero-order valence-electron chi connectivity index (χ0n) is 9.47. The van der Waals surface area contributed by atoms with Crippen molar-refractivity contribution in [1.29, 1.82) is 0 Å². The summed E-state index contributed by atoms with van der Waals surface area (Å²) < 4.78 is 0. The van der Waals surface area contributed by atoms with Crippen molar-refractivity contribution in [3.8, 4) is 0 Å². The van der Waals surface area contributed by atoms with Crippen LogP contribution in [0.5, 0.6) is 0 Å². The van der Waals surface area contributed by atoms with Gasteiger partial charge in [-0.25, -0.2) is 0 Å². The van der Waals surface area contributed by atoms with Crippen LogP contribution in [0.3, 0.4) is 0 Å². The average molecular weight is 222 g/mol. The zero-order chi connectivity index (χ0) is 12.0. The average Bonchev–Trinajstić information content (AvgIpc) is 2.35. The Bertz CT molecular complexity index is 327. The summed E-state index contributed by atoms with van der Waals surface area (Å²) in [5.41, 5.74) is 6.14. The number of hydrogen-bond donors (Lipinski definition) is 2. The Labute approximate surface area is 95.5 Å². The summed E-state index contributed by atoms with van der Waals surface area (Å²) in [7, 11) is 0. The Hall–Kier alpha value is -1.26. The van der Waals surface area contributed by atoms with Crippen LogP contribution in [0, 0.1) is 0 Å². The van der Waals surface area contributed by atoms with Crippen LogP contribution >= 0.6 is 0 Å². The highest BCUT2D eigenvalue weighted by molar-refractivity contribution is 5.84. The number of rotatable bonds is 6. The van der Waals surface area contributed by atoms with Gasteiger partial charge in [0.2, 0.25) is 0 Å². The quantitative estimate of drug-likeness (QED) is 0.758. The number of carbonyl (C=O) groups is 1. The second-order valence-corrected chi connectivity index (χ2v) is 3.80. The first-order chi connectivity index (χ1) is 7.66. The van der Waals surface area contributed by atoms with Crippen molar-refractivity contribution in [2.45, 2.75) is 38.3 Å². The van der Waals surface area contributed by atoms with Crippen molar-refractivity contribution in [3.63, 3.8) is 0 Å². The van der Waals surface area contributed by atoms with Crippen LogP contribution in [0.15, 0.2) is 24.4 Å². The van der Waals surface area contributed by atoms with Crippen LogP contribution in [0.25, 0.3) is 0 Å². The molecule has 1 aromatic rings. The lowest BCUT2D eigenvalue weighted by molar-refractivity contribution is -0.122. The predicted molar refractivity (Wildman–Crippen MR) is 61.7 cm³/mol. The standard InChI is InChI=1S/C12H18N2O2/c1-2-3-7-10(15)11(13)12(16)9-6-4-5-8-14-9/h4-6,8,11-12,16H,2-3,7,13H2,1H3. The lowest BCUT2D eigenvalue weighted by atomic mass is 10.00. The van der Waals surface area contributed by atoms with E-state index in [1.54, 1.807) is 24.4 Å². The summed E-state index contributed by atoms with van der Waals surface area (Å²) in [5, 5.41) is 9.85. The van der Waals surface area contributed by atoms with E-state index in [9.17, 15) is 9.90 Å². The van der Waals surface area contributed by atoms with Gasteiger partial charge in [-0.1, -0.05) is 19.4 Å². The van der Waals surface area contributed by atoms with Crippen LogP contribution in [0.4, 0.5) is 0 Å². The molecule has 1 heterocycles. The maximum absolute atomic E-state index is 11.6. The maximum atomic E-state index is 11.6. The number of pyridine rings is 1. The van der Waals surface area contributed by atoms with Gasteiger partial charge in [0.05, 0.1) is 11.7 Å². The van der Waals surface area contributed by atoms with Gasteiger partial charge < -0.3 is 10.8 Å². The Morgan fingerprint density at radius 2 is 2.31 bits per heavy atom. The molecule has 2 atom stereocenters. The van der Waals surface area contributed by atoms with E-state index in [1.165, 1.54) is 0 Å². The molecule has 2 unspecified atom stereocenters. The maximum Gasteiger partial charge on any atom is 0.152 e. The van der Waals surface area contributed by atoms with Gasteiger partial charge in [0.15, 0.2) is 5.78 Å². The summed E-state index contributed by atoms with van der Waals surface area (Å²) in [4.78, 5) is 15.6. The summed E-state index contributed by atoms with van der Waals surface area (Å²) in [6, 6.07) is 4.30. The molecule has 0 aliphatic rings. The summed E-state index contributed by atoms with van der Waals surface area (Å²) >= 11 is 0. The number of nitrogens with zero attached hydrogens (tertiary/aromatic N) is 1. The monoisotopic (exact) mass is 222 g/mol. The minimum absolute atomic E-state index is 0.111. The first-order valence-electron chi connectivity index (χ1n) is 5.54. The summed E-state index contributed by atoms with van der Waals surface area (Å²) in [6.45, 7) is 2.01. The minimum Gasteiger partial charge on any atom is -0.385 e. The highest BCUT2D eigenvalue weighted by Gasteiger charge is 2.23. The number of aromatic nitrogens is 1. The van der Waals surface area contributed by atoms with Gasteiger partial charge in [0.25, 0.3) is 0 Å². The number of aliphatic hydroxyl groups excluding tert-OH is 1. The number of unbranched alkanes of at least 4 members (excludes halogenated alkanes) is 1. The van der Waals surface area contributed by atoms with Crippen LogP contribution in [0.2, 0.25) is 0 Å². The largest absolute Gasteiger partial charge is 0.385 e. The van der Waals surface area contributed by atoms with Gasteiger partial charge in [-0.3, -0.25) is 9.78 Å². The Balaban J connectivity index is 2.60. The topological polar surface area (TPSA) is 76.2 Å². The number of aliphatic hydroxyl groups is 1. The summed E-state index contributed by atoms with van der Waals surface area (Å²) in [5.74, 6) is -0.111. The summed E-state index contributed by atoms with van der Waals surface area (Å²) in [6.07, 6.45) is 2.73.